The molecule has 10 heteroatoms. The number of benzene rings is 2. The predicted octanol–water partition coefficient (Wildman–Crippen LogP) is 1.79. The van der Waals surface area contributed by atoms with Crippen molar-refractivity contribution in [1.82, 2.24) is 9.62 Å². The highest BCUT2D eigenvalue weighted by Crippen LogP contribution is 2.21. The van der Waals surface area contributed by atoms with Crippen molar-refractivity contribution in [2.24, 2.45) is 0 Å². The van der Waals surface area contributed by atoms with E-state index in [0.29, 0.717) is 26.2 Å². The maximum absolute atomic E-state index is 12.6. The number of hydrogen-bond donors (Lipinski definition) is 1. The Morgan fingerprint density at radius 1 is 1.07 bits per heavy atom. The highest BCUT2D eigenvalue weighted by Gasteiger charge is 2.27. The molecule has 30 heavy (non-hydrogen) atoms. The van der Waals surface area contributed by atoms with Crippen molar-refractivity contribution in [2.45, 2.75) is 6.92 Å². The van der Waals surface area contributed by atoms with Crippen LogP contribution < -0.4 is 10.2 Å². The fourth-order valence-corrected chi connectivity index (χ4v) is 4.79. The molecule has 2 aromatic carbocycles. The summed E-state index contributed by atoms with van der Waals surface area (Å²) in [6, 6.07) is 14.1. The number of anilines is 1. The second-order valence-electron chi connectivity index (χ2n) is 7.00. The van der Waals surface area contributed by atoms with Gasteiger partial charge < -0.3 is 10.2 Å². The molecule has 160 valence electrons. The summed E-state index contributed by atoms with van der Waals surface area (Å²) in [6.07, 6.45) is 0. The Hall–Kier alpha value is -2.98. The lowest BCUT2D eigenvalue weighted by molar-refractivity contribution is -0.385. The lowest BCUT2D eigenvalue weighted by Gasteiger charge is -2.35. The van der Waals surface area contributed by atoms with Gasteiger partial charge in [0.15, 0.2) is 0 Å². The molecule has 1 aliphatic rings. The first kappa shape index (κ1) is 21.7. The average Bonchev–Trinajstić information content (AvgIpc) is 2.74. The number of rotatable bonds is 7. The second-order valence-corrected chi connectivity index (χ2v) is 9.09. The minimum absolute atomic E-state index is 0.0673. The first-order valence-electron chi connectivity index (χ1n) is 9.59. The molecule has 0 unspecified atom stereocenters. The molecule has 9 nitrogen and oxygen atoms in total. The molecular formula is C20H24N4O5S. The molecule has 1 N–H and O–H groups in total. The number of carbonyl (C=O) groups is 1. The highest BCUT2D eigenvalue weighted by atomic mass is 32.2. The van der Waals surface area contributed by atoms with Crippen LogP contribution in [0.4, 0.5) is 11.4 Å². The van der Waals surface area contributed by atoms with Crippen molar-refractivity contribution < 1.29 is 18.1 Å². The number of hydrogen-bond acceptors (Lipinski definition) is 6. The minimum atomic E-state index is -3.51. The number of nitrogens with zero attached hydrogens (tertiary/aromatic N) is 3. The number of carbonyl (C=O) groups excluding carboxylic acids is 1. The van der Waals surface area contributed by atoms with Crippen LogP contribution in [-0.2, 0) is 10.0 Å². The predicted molar refractivity (Wildman–Crippen MR) is 114 cm³/mol. The average molecular weight is 433 g/mol. The molecule has 1 heterocycles. The van der Waals surface area contributed by atoms with E-state index in [1.807, 2.05) is 30.3 Å². The van der Waals surface area contributed by atoms with Gasteiger partial charge >= 0.3 is 0 Å². The van der Waals surface area contributed by atoms with Gasteiger partial charge in [0.25, 0.3) is 11.6 Å². The first-order chi connectivity index (χ1) is 14.3. The second kappa shape index (κ2) is 9.23. The van der Waals surface area contributed by atoms with Crippen LogP contribution in [-0.4, -0.2) is 62.0 Å². The first-order valence-corrected chi connectivity index (χ1v) is 11.2. The third kappa shape index (κ3) is 4.95. The van der Waals surface area contributed by atoms with Crippen LogP contribution in [0.25, 0.3) is 0 Å². The van der Waals surface area contributed by atoms with Gasteiger partial charge in [-0.25, -0.2) is 8.42 Å². The number of nitro groups is 1. The van der Waals surface area contributed by atoms with E-state index in [1.165, 1.54) is 29.4 Å². The maximum Gasteiger partial charge on any atom is 0.273 e. The van der Waals surface area contributed by atoms with Crippen LogP contribution in [0.1, 0.15) is 15.9 Å². The van der Waals surface area contributed by atoms with Crippen molar-refractivity contribution in [1.29, 1.82) is 0 Å². The van der Waals surface area contributed by atoms with E-state index in [1.54, 1.807) is 0 Å². The molecule has 0 bridgehead atoms. The molecule has 1 aliphatic heterocycles. The van der Waals surface area contributed by atoms with Gasteiger partial charge in [-0.2, -0.15) is 4.31 Å². The van der Waals surface area contributed by atoms with Gasteiger partial charge in [0.1, 0.15) is 0 Å². The zero-order valence-corrected chi connectivity index (χ0v) is 17.5. The van der Waals surface area contributed by atoms with Crippen LogP contribution in [0.3, 0.4) is 0 Å². The summed E-state index contributed by atoms with van der Waals surface area (Å²) >= 11 is 0. The largest absolute Gasteiger partial charge is 0.369 e. The Bertz CT molecular complexity index is 1020. The fraction of sp³-hybridized carbons (Fsp3) is 0.350. The molecule has 0 spiro atoms. The maximum atomic E-state index is 12.6. The molecule has 3 rings (SSSR count). The molecule has 0 aromatic heterocycles. The molecule has 0 aliphatic carbocycles. The van der Waals surface area contributed by atoms with Crippen LogP contribution in [0.15, 0.2) is 48.5 Å². The quantitative estimate of drug-likeness (QED) is 0.527. The Morgan fingerprint density at radius 2 is 1.73 bits per heavy atom. The molecular weight excluding hydrogens is 408 g/mol. The molecule has 1 fully saturated rings. The van der Waals surface area contributed by atoms with Gasteiger partial charge in [-0.05, 0) is 25.1 Å². The summed E-state index contributed by atoms with van der Waals surface area (Å²) in [4.78, 5) is 25.0. The Balaban J connectivity index is 1.53. The van der Waals surface area contributed by atoms with E-state index in [2.05, 4.69) is 10.2 Å². The van der Waals surface area contributed by atoms with Crippen molar-refractivity contribution >= 4 is 27.3 Å². The van der Waals surface area contributed by atoms with Crippen LogP contribution in [0, 0.1) is 17.0 Å². The van der Waals surface area contributed by atoms with Gasteiger partial charge in [-0.3, -0.25) is 14.9 Å². The van der Waals surface area contributed by atoms with E-state index in [4.69, 9.17) is 0 Å². The molecule has 0 radical (unpaired) electrons. The van der Waals surface area contributed by atoms with Crippen LogP contribution >= 0.6 is 0 Å². The van der Waals surface area contributed by atoms with E-state index < -0.39 is 20.9 Å². The Labute approximate surface area is 175 Å². The number of piperazine rings is 1. The zero-order chi connectivity index (χ0) is 21.7. The lowest BCUT2D eigenvalue weighted by atomic mass is 10.1. The summed E-state index contributed by atoms with van der Waals surface area (Å²) in [6.45, 7) is 3.40. The standard InChI is InChI=1S/C20H24N4O5S/c1-16-18(8-5-9-19(16)24(26)27)20(25)21-10-15-30(28,29)23-13-11-22(12-14-23)17-6-3-2-4-7-17/h2-9H,10-15H2,1H3,(H,21,25). The van der Waals surface area contributed by atoms with Crippen molar-refractivity contribution in [3.05, 3.63) is 69.8 Å². The monoisotopic (exact) mass is 432 g/mol. The molecule has 1 saturated heterocycles. The number of nitro benzene ring substituents is 1. The number of sulfonamides is 1. The third-order valence-corrected chi connectivity index (χ3v) is 7.02. The number of nitrogens with one attached hydrogen (secondary N) is 1. The van der Waals surface area contributed by atoms with E-state index in [0.717, 1.165) is 5.69 Å². The van der Waals surface area contributed by atoms with Crippen molar-refractivity contribution in [2.75, 3.05) is 43.4 Å². The topological polar surface area (TPSA) is 113 Å². The Morgan fingerprint density at radius 3 is 2.37 bits per heavy atom. The van der Waals surface area contributed by atoms with Crippen LogP contribution in [0.5, 0.6) is 0 Å². The third-order valence-electron chi connectivity index (χ3n) is 5.15. The van der Waals surface area contributed by atoms with Crippen LogP contribution in [0.2, 0.25) is 0 Å². The highest BCUT2D eigenvalue weighted by molar-refractivity contribution is 7.89. The summed E-state index contributed by atoms with van der Waals surface area (Å²) in [5, 5.41) is 13.6. The fourth-order valence-electron chi connectivity index (χ4n) is 3.45. The summed E-state index contributed by atoms with van der Waals surface area (Å²) < 4.78 is 26.7. The summed E-state index contributed by atoms with van der Waals surface area (Å²) in [7, 11) is -3.51. The molecule has 0 atom stereocenters. The van der Waals surface area contributed by atoms with E-state index >= 15 is 0 Å². The smallest absolute Gasteiger partial charge is 0.273 e. The van der Waals surface area contributed by atoms with Gasteiger partial charge in [-0.1, -0.05) is 24.3 Å². The van der Waals surface area contributed by atoms with Gasteiger partial charge in [0.05, 0.1) is 10.7 Å². The van der Waals surface area contributed by atoms with E-state index in [9.17, 15) is 23.3 Å². The lowest BCUT2D eigenvalue weighted by Crippen LogP contribution is -2.50. The molecule has 1 amide bonds. The summed E-state index contributed by atoms with van der Waals surface area (Å²) in [5.74, 6) is -0.752. The molecule has 0 saturated carbocycles. The van der Waals surface area contributed by atoms with Gasteiger partial charge in [0.2, 0.25) is 10.0 Å². The SMILES string of the molecule is Cc1c(C(=O)NCCS(=O)(=O)N2CCN(c3ccccc3)CC2)cccc1[N+](=O)[O-]. The van der Waals surface area contributed by atoms with E-state index in [-0.39, 0.29) is 29.1 Å². The zero-order valence-electron chi connectivity index (χ0n) is 16.7. The van der Waals surface area contributed by atoms with Gasteiger partial charge in [0, 0.05) is 55.6 Å². The normalized spacial score (nSPS) is 15.0. The number of para-hydroxylation sites is 1. The van der Waals surface area contributed by atoms with Gasteiger partial charge in [-0.15, -0.1) is 0 Å². The minimum Gasteiger partial charge on any atom is -0.369 e. The van der Waals surface area contributed by atoms with Crippen molar-refractivity contribution in [3.63, 3.8) is 0 Å². The summed E-state index contributed by atoms with van der Waals surface area (Å²) in [5.41, 5.74) is 1.33. The molecule has 2 aromatic rings. The van der Waals surface area contributed by atoms with Crippen molar-refractivity contribution in [3.8, 4) is 0 Å². The number of amides is 1. The Kier molecular flexibility index (Phi) is 6.68.